The highest BCUT2D eigenvalue weighted by Gasteiger charge is 2.36. The highest BCUT2D eigenvalue weighted by molar-refractivity contribution is 4.94. The third-order valence-corrected chi connectivity index (χ3v) is 5.24. The Morgan fingerprint density at radius 3 is 2.53 bits per heavy atom. The molecule has 0 radical (unpaired) electrons. The first-order valence-electron chi connectivity index (χ1n) is 7.84. The fraction of sp³-hybridized carbons (Fsp3) is 1.00. The number of hydrogen-bond donors (Lipinski definition) is 2. The SMILES string of the molecule is CC(NC1CCCCC1C1CCCN1)C1CC1. The van der Waals surface area contributed by atoms with Crippen molar-refractivity contribution in [1.82, 2.24) is 10.6 Å². The Labute approximate surface area is 106 Å². The van der Waals surface area contributed by atoms with Crippen LogP contribution in [0.25, 0.3) is 0 Å². The van der Waals surface area contributed by atoms with E-state index < -0.39 is 0 Å². The van der Waals surface area contributed by atoms with E-state index in [1.54, 1.807) is 0 Å². The first kappa shape index (κ1) is 12.0. The summed E-state index contributed by atoms with van der Waals surface area (Å²) < 4.78 is 0. The van der Waals surface area contributed by atoms with Crippen molar-refractivity contribution in [2.45, 2.75) is 76.4 Å². The fourth-order valence-electron chi connectivity index (χ4n) is 4.00. The highest BCUT2D eigenvalue weighted by Crippen LogP contribution is 2.35. The quantitative estimate of drug-likeness (QED) is 0.784. The van der Waals surface area contributed by atoms with Gasteiger partial charge in [-0.15, -0.1) is 0 Å². The topological polar surface area (TPSA) is 24.1 Å². The monoisotopic (exact) mass is 236 g/mol. The molecule has 4 atom stereocenters. The van der Waals surface area contributed by atoms with Crippen molar-refractivity contribution in [3.05, 3.63) is 0 Å². The first-order chi connectivity index (χ1) is 8.34. The Bertz CT molecular complexity index is 243. The van der Waals surface area contributed by atoms with E-state index in [1.165, 1.54) is 57.9 Å². The number of rotatable bonds is 4. The van der Waals surface area contributed by atoms with Crippen LogP contribution in [0.1, 0.15) is 58.3 Å². The molecule has 2 aliphatic carbocycles. The highest BCUT2D eigenvalue weighted by atomic mass is 15.0. The predicted octanol–water partition coefficient (Wildman–Crippen LogP) is 2.69. The molecule has 0 bridgehead atoms. The zero-order valence-corrected chi connectivity index (χ0v) is 11.3. The molecule has 0 aromatic rings. The molecule has 0 aromatic heterocycles. The van der Waals surface area contributed by atoms with Crippen LogP contribution in [0.15, 0.2) is 0 Å². The van der Waals surface area contributed by atoms with Gasteiger partial charge in [-0.1, -0.05) is 12.8 Å². The van der Waals surface area contributed by atoms with Gasteiger partial charge < -0.3 is 10.6 Å². The Morgan fingerprint density at radius 2 is 1.82 bits per heavy atom. The average molecular weight is 236 g/mol. The maximum atomic E-state index is 3.97. The lowest BCUT2D eigenvalue weighted by molar-refractivity contribution is 0.198. The molecule has 98 valence electrons. The molecule has 0 amide bonds. The summed E-state index contributed by atoms with van der Waals surface area (Å²) in [4.78, 5) is 0. The third kappa shape index (κ3) is 2.85. The summed E-state index contributed by atoms with van der Waals surface area (Å²) in [7, 11) is 0. The maximum absolute atomic E-state index is 3.97. The third-order valence-electron chi connectivity index (χ3n) is 5.24. The Morgan fingerprint density at radius 1 is 1.00 bits per heavy atom. The van der Waals surface area contributed by atoms with Crippen molar-refractivity contribution in [1.29, 1.82) is 0 Å². The van der Waals surface area contributed by atoms with E-state index in [2.05, 4.69) is 17.6 Å². The van der Waals surface area contributed by atoms with Crippen LogP contribution in [0.3, 0.4) is 0 Å². The van der Waals surface area contributed by atoms with Crippen molar-refractivity contribution in [2.75, 3.05) is 6.54 Å². The molecule has 1 aliphatic heterocycles. The molecule has 2 heteroatoms. The van der Waals surface area contributed by atoms with Gasteiger partial charge in [0.15, 0.2) is 0 Å². The molecule has 1 heterocycles. The molecule has 1 saturated heterocycles. The fourth-order valence-corrected chi connectivity index (χ4v) is 4.00. The smallest absolute Gasteiger partial charge is 0.0113 e. The Kier molecular flexibility index (Phi) is 3.72. The van der Waals surface area contributed by atoms with Crippen molar-refractivity contribution in [3.63, 3.8) is 0 Å². The Hall–Kier alpha value is -0.0800. The molecular formula is C15H28N2. The molecule has 3 aliphatic rings. The second-order valence-corrected chi connectivity index (χ2v) is 6.55. The standard InChI is InChI=1S/C15H28N2/c1-11(12-8-9-12)17-15-6-3-2-5-13(15)14-7-4-10-16-14/h11-17H,2-10H2,1H3. The lowest BCUT2D eigenvalue weighted by Crippen LogP contribution is -2.50. The molecule has 2 N–H and O–H groups in total. The molecule has 17 heavy (non-hydrogen) atoms. The molecule has 4 unspecified atom stereocenters. The van der Waals surface area contributed by atoms with Gasteiger partial charge in [-0.25, -0.2) is 0 Å². The van der Waals surface area contributed by atoms with Crippen LogP contribution < -0.4 is 10.6 Å². The van der Waals surface area contributed by atoms with Gasteiger partial charge in [-0.2, -0.15) is 0 Å². The molecule has 0 spiro atoms. The van der Waals surface area contributed by atoms with Crippen molar-refractivity contribution in [3.8, 4) is 0 Å². The lowest BCUT2D eigenvalue weighted by atomic mass is 9.79. The van der Waals surface area contributed by atoms with E-state index in [-0.39, 0.29) is 0 Å². The number of nitrogens with one attached hydrogen (secondary N) is 2. The normalized spacial score (nSPS) is 40.4. The van der Waals surface area contributed by atoms with Crippen LogP contribution in [0.5, 0.6) is 0 Å². The zero-order chi connectivity index (χ0) is 11.7. The molecule has 2 saturated carbocycles. The summed E-state index contributed by atoms with van der Waals surface area (Å²) in [5, 5.41) is 7.70. The van der Waals surface area contributed by atoms with Gasteiger partial charge in [-0.05, 0) is 63.8 Å². The second kappa shape index (κ2) is 5.27. The summed E-state index contributed by atoms with van der Waals surface area (Å²) in [6.45, 7) is 3.66. The summed E-state index contributed by atoms with van der Waals surface area (Å²) in [5.41, 5.74) is 0. The van der Waals surface area contributed by atoms with E-state index in [9.17, 15) is 0 Å². The van der Waals surface area contributed by atoms with Crippen LogP contribution in [0.2, 0.25) is 0 Å². The van der Waals surface area contributed by atoms with Gasteiger partial charge in [-0.3, -0.25) is 0 Å². The average Bonchev–Trinajstić information content (AvgIpc) is 3.06. The van der Waals surface area contributed by atoms with Crippen LogP contribution >= 0.6 is 0 Å². The minimum Gasteiger partial charge on any atom is -0.314 e. The van der Waals surface area contributed by atoms with Gasteiger partial charge in [0.2, 0.25) is 0 Å². The van der Waals surface area contributed by atoms with Crippen molar-refractivity contribution >= 4 is 0 Å². The van der Waals surface area contributed by atoms with Gasteiger partial charge >= 0.3 is 0 Å². The predicted molar refractivity (Wildman–Crippen MR) is 72.1 cm³/mol. The van der Waals surface area contributed by atoms with Crippen molar-refractivity contribution in [2.24, 2.45) is 11.8 Å². The van der Waals surface area contributed by atoms with E-state index in [0.29, 0.717) is 0 Å². The van der Waals surface area contributed by atoms with Crippen LogP contribution in [0.4, 0.5) is 0 Å². The largest absolute Gasteiger partial charge is 0.314 e. The van der Waals surface area contributed by atoms with Gasteiger partial charge in [0.25, 0.3) is 0 Å². The Balaban J connectivity index is 1.58. The minimum absolute atomic E-state index is 0.766. The second-order valence-electron chi connectivity index (χ2n) is 6.55. The van der Waals surface area contributed by atoms with E-state index in [4.69, 9.17) is 0 Å². The van der Waals surface area contributed by atoms with Crippen LogP contribution in [-0.4, -0.2) is 24.7 Å². The summed E-state index contributed by atoms with van der Waals surface area (Å²) in [5.74, 6) is 1.90. The summed E-state index contributed by atoms with van der Waals surface area (Å²) in [6, 6.07) is 2.39. The maximum Gasteiger partial charge on any atom is 0.0113 e. The summed E-state index contributed by atoms with van der Waals surface area (Å²) in [6.07, 6.45) is 11.5. The van der Waals surface area contributed by atoms with E-state index >= 15 is 0 Å². The van der Waals surface area contributed by atoms with E-state index in [1.807, 2.05) is 0 Å². The zero-order valence-electron chi connectivity index (χ0n) is 11.3. The van der Waals surface area contributed by atoms with Crippen molar-refractivity contribution < 1.29 is 0 Å². The first-order valence-corrected chi connectivity index (χ1v) is 7.84. The van der Waals surface area contributed by atoms with Crippen LogP contribution in [-0.2, 0) is 0 Å². The molecule has 3 fully saturated rings. The number of hydrogen-bond acceptors (Lipinski definition) is 2. The van der Waals surface area contributed by atoms with Crippen LogP contribution in [0, 0.1) is 11.8 Å². The minimum atomic E-state index is 0.766. The summed E-state index contributed by atoms with van der Waals surface area (Å²) >= 11 is 0. The molecular weight excluding hydrogens is 208 g/mol. The molecule has 3 rings (SSSR count). The van der Waals surface area contributed by atoms with Gasteiger partial charge in [0.05, 0.1) is 0 Å². The van der Waals surface area contributed by atoms with E-state index in [0.717, 1.165) is 30.0 Å². The molecule has 0 aromatic carbocycles. The lowest BCUT2D eigenvalue weighted by Gasteiger charge is -2.38. The molecule has 2 nitrogen and oxygen atoms in total. The van der Waals surface area contributed by atoms with Gasteiger partial charge in [0, 0.05) is 18.1 Å². The van der Waals surface area contributed by atoms with Gasteiger partial charge in [0.1, 0.15) is 0 Å².